The standard InChI is InChI=1S/C13H14N2O/c1-2-12-10-6-8-4-3-5-9(8)7-11(10)13(16)15-14-12/h6-7H,2-5H2,1H3,(H,15,16). The van der Waals surface area contributed by atoms with Gasteiger partial charge in [0.05, 0.1) is 11.1 Å². The molecule has 1 heterocycles. The van der Waals surface area contributed by atoms with Crippen molar-refractivity contribution in [2.45, 2.75) is 32.6 Å². The number of aryl methyl sites for hydroxylation is 3. The Morgan fingerprint density at radius 1 is 1.25 bits per heavy atom. The van der Waals surface area contributed by atoms with Crippen LogP contribution < -0.4 is 5.56 Å². The molecule has 82 valence electrons. The number of hydrogen-bond acceptors (Lipinski definition) is 2. The monoisotopic (exact) mass is 214 g/mol. The SMILES string of the molecule is CCc1n[nH]c(=O)c2cc3c(cc12)CCC3. The number of aromatic nitrogens is 2. The normalized spacial score (nSPS) is 14.3. The minimum atomic E-state index is -0.0677. The third-order valence-corrected chi connectivity index (χ3v) is 3.41. The van der Waals surface area contributed by atoms with Gasteiger partial charge in [0.1, 0.15) is 0 Å². The molecule has 1 N–H and O–H groups in total. The van der Waals surface area contributed by atoms with E-state index in [0.29, 0.717) is 0 Å². The van der Waals surface area contributed by atoms with Crippen LogP contribution in [0.2, 0.25) is 0 Å². The number of fused-ring (bicyclic) bond motifs is 2. The first-order valence-electron chi connectivity index (χ1n) is 5.82. The molecule has 3 nitrogen and oxygen atoms in total. The van der Waals surface area contributed by atoms with Gasteiger partial charge >= 0.3 is 0 Å². The van der Waals surface area contributed by atoms with Gasteiger partial charge in [-0.3, -0.25) is 4.79 Å². The molecule has 0 fully saturated rings. The highest BCUT2D eigenvalue weighted by Crippen LogP contribution is 2.26. The summed E-state index contributed by atoms with van der Waals surface area (Å²) in [7, 11) is 0. The molecule has 1 aromatic carbocycles. The molecule has 0 radical (unpaired) electrons. The third-order valence-electron chi connectivity index (χ3n) is 3.41. The number of aromatic amines is 1. The van der Waals surface area contributed by atoms with E-state index >= 15 is 0 Å². The maximum atomic E-state index is 11.7. The Hall–Kier alpha value is -1.64. The van der Waals surface area contributed by atoms with Crippen LogP contribution in [0.3, 0.4) is 0 Å². The van der Waals surface area contributed by atoms with Gasteiger partial charge in [-0.15, -0.1) is 0 Å². The maximum absolute atomic E-state index is 11.7. The van der Waals surface area contributed by atoms with Gasteiger partial charge in [-0.2, -0.15) is 5.10 Å². The molecule has 2 aromatic rings. The van der Waals surface area contributed by atoms with E-state index in [1.807, 2.05) is 0 Å². The van der Waals surface area contributed by atoms with Crippen molar-refractivity contribution in [3.8, 4) is 0 Å². The second-order valence-electron chi connectivity index (χ2n) is 4.37. The highest BCUT2D eigenvalue weighted by Gasteiger charge is 2.14. The quantitative estimate of drug-likeness (QED) is 0.788. The molecule has 0 saturated carbocycles. The predicted molar refractivity (Wildman–Crippen MR) is 63.8 cm³/mol. The average Bonchev–Trinajstić information content (AvgIpc) is 2.75. The van der Waals surface area contributed by atoms with E-state index in [-0.39, 0.29) is 5.56 Å². The molecular formula is C13H14N2O. The van der Waals surface area contributed by atoms with E-state index in [4.69, 9.17) is 0 Å². The molecule has 0 amide bonds. The largest absolute Gasteiger partial charge is 0.272 e. The Bertz CT molecular complexity index is 613. The highest BCUT2D eigenvalue weighted by molar-refractivity contribution is 5.85. The molecule has 0 saturated heterocycles. The summed E-state index contributed by atoms with van der Waals surface area (Å²) in [6, 6.07) is 4.22. The summed E-state index contributed by atoms with van der Waals surface area (Å²) in [5.41, 5.74) is 3.66. The second-order valence-corrected chi connectivity index (χ2v) is 4.37. The van der Waals surface area contributed by atoms with Crippen LogP contribution in [-0.2, 0) is 19.3 Å². The number of nitrogens with zero attached hydrogens (tertiary/aromatic N) is 1. The van der Waals surface area contributed by atoms with Gasteiger partial charge in [0.2, 0.25) is 0 Å². The van der Waals surface area contributed by atoms with Crippen LogP contribution in [0.5, 0.6) is 0 Å². The highest BCUT2D eigenvalue weighted by atomic mass is 16.1. The third kappa shape index (κ3) is 1.28. The fourth-order valence-corrected chi connectivity index (χ4v) is 2.56. The molecule has 1 aliphatic carbocycles. The maximum Gasteiger partial charge on any atom is 0.272 e. The zero-order valence-electron chi connectivity index (χ0n) is 9.34. The summed E-state index contributed by atoms with van der Waals surface area (Å²) in [6.07, 6.45) is 4.31. The molecule has 0 aliphatic heterocycles. The Balaban J connectivity index is 2.42. The van der Waals surface area contributed by atoms with E-state index in [0.717, 1.165) is 35.7 Å². The molecule has 16 heavy (non-hydrogen) atoms. The summed E-state index contributed by atoms with van der Waals surface area (Å²) in [5, 5.41) is 8.53. The summed E-state index contributed by atoms with van der Waals surface area (Å²) in [5.74, 6) is 0. The number of rotatable bonds is 1. The second kappa shape index (κ2) is 3.44. The fraction of sp³-hybridized carbons (Fsp3) is 0.385. The molecule has 1 aromatic heterocycles. The molecule has 3 heteroatoms. The van der Waals surface area contributed by atoms with Gasteiger partial charge in [0.25, 0.3) is 5.56 Å². The first-order valence-corrected chi connectivity index (χ1v) is 5.82. The van der Waals surface area contributed by atoms with Gasteiger partial charge in [0, 0.05) is 5.39 Å². The fourth-order valence-electron chi connectivity index (χ4n) is 2.56. The first-order chi connectivity index (χ1) is 7.79. The van der Waals surface area contributed by atoms with Crippen molar-refractivity contribution in [2.24, 2.45) is 0 Å². The Morgan fingerprint density at radius 2 is 1.94 bits per heavy atom. The molecule has 0 spiro atoms. The Kier molecular flexibility index (Phi) is 2.06. The van der Waals surface area contributed by atoms with Crippen molar-refractivity contribution in [1.29, 1.82) is 0 Å². The molecule has 1 aliphatic rings. The summed E-state index contributed by atoms with van der Waals surface area (Å²) >= 11 is 0. The number of hydrogen-bond donors (Lipinski definition) is 1. The average molecular weight is 214 g/mol. The van der Waals surface area contributed by atoms with Crippen molar-refractivity contribution in [1.82, 2.24) is 10.2 Å². The molecule has 0 unspecified atom stereocenters. The Labute approximate surface area is 93.5 Å². The van der Waals surface area contributed by atoms with Crippen LogP contribution in [0.15, 0.2) is 16.9 Å². The zero-order chi connectivity index (χ0) is 11.1. The first kappa shape index (κ1) is 9.58. The van der Waals surface area contributed by atoms with Crippen molar-refractivity contribution in [3.05, 3.63) is 39.3 Å². The summed E-state index contributed by atoms with van der Waals surface area (Å²) < 4.78 is 0. The van der Waals surface area contributed by atoms with E-state index in [1.165, 1.54) is 17.5 Å². The van der Waals surface area contributed by atoms with Crippen molar-refractivity contribution >= 4 is 10.8 Å². The number of nitrogens with one attached hydrogen (secondary N) is 1. The van der Waals surface area contributed by atoms with E-state index in [2.05, 4.69) is 29.3 Å². The van der Waals surface area contributed by atoms with Crippen LogP contribution in [0.4, 0.5) is 0 Å². The minimum Gasteiger partial charge on any atom is -0.267 e. The van der Waals surface area contributed by atoms with Crippen LogP contribution in [0.25, 0.3) is 10.8 Å². The summed E-state index contributed by atoms with van der Waals surface area (Å²) in [6.45, 7) is 2.06. The lowest BCUT2D eigenvalue weighted by molar-refractivity contribution is 0.912. The van der Waals surface area contributed by atoms with Crippen LogP contribution in [0, 0.1) is 0 Å². The van der Waals surface area contributed by atoms with Crippen LogP contribution in [0.1, 0.15) is 30.2 Å². The summed E-state index contributed by atoms with van der Waals surface area (Å²) in [4.78, 5) is 11.7. The molecule has 3 rings (SSSR count). The van der Waals surface area contributed by atoms with Crippen LogP contribution in [-0.4, -0.2) is 10.2 Å². The van der Waals surface area contributed by atoms with E-state index in [9.17, 15) is 4.79 Å². The topological polar surface area (TPSA) is 45.8 Å². The lowest BCUT2D eigenvalue weighted by atomic mass is 10.0. The smallest absolute Gasteiger partial charge is 0.267 e. The van der Waals surface area contributed by atoms with Gasteiger partial charge in [-0.25, -0.2) is 5.10 Å². The Morgan fingerprint density at radius 3 is 2.62 bits per heavy atom. The van der Waals surface area contributed by atoms with Crippen molar-refractivity contribution in [3.63, 3.8) is 0 Å². The van der Waals surface area contributed by atoms with Gasteiger partial charge < -0.3 is 0 Å². The predicted octanol–water partition coefficient (Wildman–Crippen LogP) is 1.97. The minimum absolute atomic E-state index is 0.0677. The molecular weight excluding hydrogens is 200 g/mol. The van der Waals surface area contributed by atoms with Crippen molar-refractivity contribution < 1.29 is 0 Å². The van der Waals surface area contributed by atoms with Crippen LogP contribution >= 0.6 is 0 Å². The molecule has 0 atom stereocenters. The van der Waals surface area contributed by atoms with Gasteiger partial charge in [-0.1, -0.05) is 6.92 Å². The number of H-pyrrole nitrogens is 1. The van der Waals surface area contributed by atoms with Gasteiger partial charge in [-0.05, 0) is 48.9 Å². The van der Waals surface area contributed by atoms with E-state index in [1.54, 1.807) is 0 Å². The lowest BCUT2D eigenvalue weighted by Gasteiger charge is -2.05. The number of benzene rings is 1. The molecule has 0 bridgehead atoms. The van der Waals surface area contributed by atoms with Crippen molar-refractivity contribution in [2.75, 3.05) is 0 Å². The zero-order valence-corrected chi connectivity index (χ0v) is 9.34. The van der Waals surface area contributed by atoms with Gasteiger partial charge in [0.15, 0.2) is 0 Å². The lowest BCUT2D eigenvalue weighted by Crippen LogP contribution is -2.11. The van der Waals surface area contributed by atoms with E-state index < -0.39 is 0 Å².